The van der Waals surface area contributed by atoms with Gasteiger partial charge in [-0.3, -0.25) is 9.58 Å². The molecule has 1 aromatic carbocycles. The summed E-state index contributed by atoms with van der Waals surface area (Å²) in [6.07, 6.45) is 5.44. The van der Waals surface area contributed by atoms with Crippen molar-refractivity contribution in [2.75, 3.05) is 31.6 Å². The van der Waals surface area contributed by atoms with E-state index in [-0.39, 0.29) is 6.03 Å². The number of likely N-dealkylation sites (N-methyl/N-ethyl adjacent to an activating group) is 1. The molecule has 2 amide bonds. The lowest BCUT2D eigenvalue weighted by Gasteiger charge is -2.43. The highest BCUT2D eigenvalue weighted by molar-refractivity contribution is 5.95. The van der Waals surface area contributed by atoms with Crippen LogP contribution < -0.4 is 5.43 Å². The Balaban J connectivity index is 1.84. The largest absolute Gasteiger partial charge is 0.336 e. The molecule has 0 unspecified atom stereocenters. The predicted octanol–water partition coefficient (Wildman–Crippen LogP) is 4.41. The van der Waals surface area contributed by atoms with Crippen molar-refractivity contribution >= 4 is 23.0 Å². The number of hydrogen-bond donors (Lipinski definition) is 1. The van der Waals surface area contributed by atoms with Crippen molar-refractivity contribution in [3.63, 3.8) is 0 Å². The number of fused-ring (bicyclic) bond motifs is 2. The van der Waals surface area contributed by atoms with Gasteiger partial charge >= 0.3 is 6.03 Å². The minimum Gasteiger partial charge on any atom is -0.324 e. The maximum Gasteiger partial charge on any atom is 0.336 e. The average Bonchev–Trinajstić information content (AvgIpc) is 3.02. The number of amides is 2. The predicted molar refractivity (Wildman–Crippen MR) is 116 cm³/mol. The summed E-state index contributed by atoms with van der Waals surface area (Å²) in [4.78, 5) is 17.2. The molecule has 1 aliphatic heterocycles. The maximum absolute atomic E-state index is 12.8. The Morgan fingerprint density at radius 3 is 2.79 bits per heavy atom. The van der Waals surface area contributed by atoms with Crippen LogP contribution >= 0.6 is 0 Å². The SMILES string of the molecule is C=Cc1c2c3c(cccc3n1NC(=O)N(CC)CC)[C@H]1CCCN(CC)[C@@H]1C2. The molecule has 2 aromatic rings. The molecule has 0 spiro atoms. The van der Waals surface area contributed by atoms with E-state index < -0.39 is 0 Å². The Hall–Kier alpha value is -2.27. The third-order valence-electron chi connectivity index (χ3n) is 6.73. The highest BCUT2D eigenvalue weighted by atomic mass is 16.2. The monoisotopic (exact) mass is 380 g/mol. The van der Waals surface area contributed by atoms with Gasteiger partial charge in [-0.05, 0) is 69.5 Å². The zero-order chi connectivity index (χ0) is 19.8. The molecule has 5 nitrogen and oxygen atoms in total. The number of aromatic nitrogens is 1. The standard InChI is InChI=1S/C23H32N4O/c1-5-19-18-15-21-16(12-10-14-26(21)8-4)17-11-9-13-20(22(17)18)27(19)24-23(28)25(6-2)7-3/h5,9,11,13,16,21H,1,6-8,10,12,14-15H2,2-4H3,(H,24,28)/t16-,21-/m1/s1. The highest BCUT2D eigenvalue weighted by Crippen LogP contribution is 2.45. The molecule has 2 aliphatic rings. The lowest BCUT2D eigenvalue weighted by molar-refractivity contribution is 0.131. The average molecular weight is 381 g/mol. The fraction of sp³-hybridized carbons (Fsp3) is 0.522. The first-order chi connectivity index (χ1) is 13.6. The molecule has 2 atom stereocenters. The van der Waals surface area contributed by atoms with Crippen LogP contribution in [0.5, 0.6) is 0 Å². The molecular weight excluding hydrogens is 348 g/mol. The molecular formula is C23H32N4O. The zero-order valence-corrected chi connectivity index (χ0v) is 17.4. The number of nitrogens with zero attached hydrogens (tertiary/aromatic N) is 3. The molecule has 28 heavy (non-hydrogen) atoms. The number of piperidine rings is 1. The van der Waals surface area contributed by atoms with Crippen LogP contribution in [0.25, 0.3) is 17.0 Å². The summed E-state index contributed by atoms with van der Waals surface area (Å²) in [5, 5.41) is 1.33. The van der Waals surface area contributed by atoms with E-state index in [9.17, 15) is 4.79 Å². The number of benzene rings is 1. The van der Waals surface area contributed by atoms with Crippen molar-refractivity contribution in [1.29, 1.82) is 0 Å². The maximum atomic E-state index is 12.8. The van der Waals surface area contributed by atoms with Gasteiger partial charge in [0.2, 0.25) is 0 Å². The van der Waals surface area contributed by atoms with Gasteiger partial charge in [-0.2, -0.15) is 0 Å². The first-order valence-corrected chi connectivity index (χ1v) is 10.7. The third kappa shape index (κ3) is 2.84. The number of carbonyl (C=O) groups excluding carboxylic acids is 1. The second-order valence-corrected chi connectivity index (χ2v) is 7.88. The van der Waals surface area contributed by atoms with E-state index in [1.54, 1.807) is 4.90 Å². The minimum absolute atomic E-state index is 0.0613. The van der Waals surface area contributed by atoms with Gasteiger partial charge in [0, 0.05) is 30.4 Å². The van der Waals surface area contributed by atoms with Crippen molar-refractivity contribution in [3.8, 4) is 0 Å². The fourth-order valence-electron chi connectivity index (χ4n) is 5.36. The summed E-state index contributed by atoms with van der Waals surface area (Å²) in [6, 6.07) is 7.05. The molecule has 2 heterocycles. The molecule has 0 radical (unpaired) electrons. The van der Waals surface area contributed by atoms with Gasteiger partial charge in [0.25, 0.3) is 0 Å². The molecule has 1 fully saturated rings. The number of urea groups is 1. The van der Waals surface area contributed by atoms with Gasteiger partial charge in [-0.15, -0.1) is 0 Å². The molecule has 1 saturated heterocycles. The van der Waals surface area contributed by atoms with Crippen LogP contribution in [0.2, 0.25) is 0 Å². The summed E-state index contributed by atoms with van der Waals surface area (Å²) in [5.41, 5.74) is 8.05. The quantitative estimate of drug-likeness (QED) is 0.834. The lowest BCUT2D eigenvalue weighted by Crippen LogP contribution is -2.46. The van der Waals surface area contributed by atoms with Crippen LogP contribution in [-0.4, -0.2) is 52.7 Å². The van der Waals surface area contributed by atoms with E-state index in [0.29, 0.717) is 25.0 Å². The number of rotatable bonds is 5. The molecule has 1 aliphatic carbocycles. The van der Waals surface area contributed by atoms with Crippen molar-refractivity contribution < 1.29 is 4.79 Å². The number of nitrogens with one attached hydrogen (secondary N) is 1. The number of likely N-dealkylation sites (tertiary alicyclic amines) is 1. The van der Waals surface area contributed by atoms with Gasteiger partial charge in [-0.25, -0.2) is 10.2 Å². The molecule has 0 saturated carbocycles. The second-order valence-electron chi connectivity index (χ2n) is 7.88. The third-order valence-corrected chi connectivity index (χ3v) is 6.73. The summed E-state index contributed by atoms with van der Waals surface area (Å²) in [7, 11) is 0. The molecule has 1 aromatic heterocycles. The van der Waals surface area contributed by atoms with E-state index in [0.717, 1.165) is 24.2 Å². The van der Waals surface area contributed by atoms with E-state index >= 15 is 0 Å². The Labute approximate surface area is 168 Å². The highest BCUT2D eigenvalue weighted by Gasteiger charge is 2.38. The molecule has 4 rings (SSSR count). The summed E-state index contributed by atoms with van der Waals surface area (Å²) in [6.45, 7) is 14.0. The van der Waals surface area contributed by atoms with Crippen molar-refractivity contribution in [2.45, 2.75) is 52.0 Å². The van der Waals surface area contributed by atoms with Gasteiger partial charge in [0.05, 0.1) is 11.2 Å². The van der Waals surface area contributed by atoms with Gasteiger partial charge < -0.3 is 4.90 Å². The van der Waals surface area contributed by atoms with E-state index in [1.807, 2.05) is 24.6 Å². The van der Waals surface area contributed by atoms with Gasteiger partial charge in [0.15, 0.2) is 0 Å². The van der Waals surface area contributed by atoms with E-state index in [4.69, 9.17) is 0 Å². The number of hydrogen-bond acceptors (Lipinski definition) is 2. The van der Waals surface area contributed by atoms with Crippen LogP contribution in [0.3, 0.4) is 0 Å². The Bertz CT molecular complexity index is 896. The lowest BCUT2D eigenvalue weighted by atomic mass is 9.74. The van der Waals surface area contributed by atoms with Gasteiger partial charge in [0.1, 0.15) is 0 Å². The molecule has 150 valence electrons. The minimum atomic E-state index is -0.0613. The summed E-state index contributed by atoms with van der Waals surface area (Å²) >= 11 is 0. The Kier molecular flexibility index (Phi) is 5.19. The van der Waals surface area contributed by atoms with Crippen LogP contribution in [0, 0.1) is 0 Å². The molecule has 0 bridgehead atoms. The topological polar surface area (TPSA) is 40.5 Å². The Morgan fingerprint density at radius 1 is 1.32 bits per heavy atom. The van der Waals surface area contributed by atoms with E-state index in [1.165, 1.54) is 35.9 Å². The van der Waals surface area contributed by atoms with E-state index in [2.05, 4.69) is 42.0 Å². The molecule has 5 heteroatoms. The Morgan fingerprint density at radius 2 is 2.11 bits per heavy atom. The summed E-state index contributed by atoms with van der Waals surface area (Å²) in [5.74, 6) is 0.580. The van der Waals surface area contributed by atoms with Crippen molar-refractivity contribution in [3.05, 3.63) is 41.6 Å². The zero-order valence-electron chi connectivity index (χ0n) is 17.4. The van der Waals surface area contributed by atoms with Crippen LogP contribution in [0.1, 0.15) is 56.4 Å². The number of carbonyl (C=O) groups is 1. The smallest absolute Gasteiger partial charge is 0.324 e. The first kappa shape index (κ1) is 19.1. The normalized spacial score (nSPS) is 21.4. The first-order valence-electron chi connectivity index (χ1n) is 10.7. The fourth-order valence-corrected chi connectivity index (χ4v) is 5.36. The van der Waals surface area contributed by atoms with Crippen molar-refractivity contribution in [2.24, 2.45) is 0 Å². The van der Waals surface area contributed by atoms with Gasteiger partial charge in [-0.1, -0.05) is 25.6 Å². The van der Waals surface area contributed by atoms with Crippen molar-refractivity contribution in [1.82, 2.24) is 14.5 Å². The van der Waals surface area contributed by atoms with Crippen LogP contribution in [0.4, 0.5) is 4.79 Å². The second kappa shape index (κ2) is 7.63. The molecule has 1 N–H and O–H groups in total. The van der Waals surface area contributed by atoms with Crippen LogP contribution in [0.15, 0.2) is 24.8 Å². The van der Waals surface area contributed by atoms with Crippen LogP contribution in [-0.2, 0) is 6.42 Å². The summed E-state index contributed by atoms with van der Waals surface area (Å²) < 4.78 is 1.97.